The van der Waals surface area contributed by atoms with Crippen LogP contribution in [0, 0.1) is 6.92 Å². The second-order valence-corrected chi connectivity index (χ2v) is 3.75. The molecule has 1 aromatic rings. The fourth-order valence-corrected chi connectivity index (χ4v) is 1.34. The second kappa shape index (κ2) is 7.20. The Balaban J connectivity index is 2.73. The van der Waals surface area contributed by atoms with E-state index in [4.69, 9.17) is 9.47 Å². The molecule has 1 aromatic heterocycles. The molecule has 1 rings (SSSR count). The number of pyridine rings is 1. The van der Waals surface area contributed by atoms with Crippen molar-refractivity contribution < 1.29 is 19.1 Å². The van der Waals surface area contributed by atoms with Crippen molar-refractivity contribution in [3.8, 4) is 0 Å². The van der Waals surface area contributed by atoms with E-state index in [1.54, 1.807) is 12.3 Å². The molecule has 0 aliphatic rings. The summed E-state index contributed by atoms with van der Waals surface area (Å²) in [7, 11) is 2.96. The molecule has 0 aromatic carbocycles. The highest BCUT2D eigenvalue weighted by Gasteiger charge is 2.09. The highest BCUT2D eigenvalue weighted by atomic mass is 16.6. The Bertz CT molecular complexity index is 462. The lowest BCUT2D eigenvalue weighted by atomic mass is 10.1. The predicted octanol–water partition coefficient (Wildman–Crippen LogP) is 1.10. The summed E-state index contributed by atoms with van der Waals surface area (Å²) in [4.78, 5) is 26.2. The van der Waals surface area contributed by atoms with Gasteiger partial charge in [0.15, 0.2) is 0 Å². The average molecular weight is 267 g/mol. The maximum atomic E-state index is 11.0. The van der Waals surface area contributed by atoms with Gasteiger partial charge in [-0.15, -0.1) is 0 Å². The molecule has 2 N–H and O–H groups in total. The minimum absolute atomic E-state index is 0.0688. The smallest absolute Gasteiger partial charge is 0.407 e. The van der Waals surface area contributed by atoms with E-state index in [1.807, 2.05) is 6.92 Å². The van der Waals surface area contributed by atoms with E-state index >= 15 is 0 Å². The maximum Gasteiger partial charge on any atom is 0.407 e. The Hall–Kier alpha value is -2.31. The van der Waals surface area contributed by atoms with Gasteiger partial charge in [0.2, 0.25) is 0 Å². The Morgan fingerprint density at radius 2 is 1.63 bits per heavy atom. The summed E-state index contributed by atoms with van der Waals surface area (Å²) in [5.41, 5.74) is 2.23. The van der Waals surface area contributed by atoms with Crippen molar-refractivity contribution in [1.82, 2.24) is 15.6 Å². The van der Waals surface area contributed by atoms with Crippen LogP contribution in [0.15, 0.2) is 12.3 Å². The lowest BCUT2D eigenvalue weighted by Gasteiger charge is -2.11. The molecule has 0 fully saturated rings. The highest BCUT2D eigenvalue weighted by molar-refractivity contribution is 5.67. The number of alkyl carbamates (subject to hydrolysis) is 2. The summed E-state index contributed by atoms with van der Waals surface area (Å²) in [5.74, 6) is 0. The number of rotatable bonds is 4. The second-order valence-electron chi connectivity index (χ2n) is 3.75. The van der Waals surface area contributed by atoms with Gasteiger partial charge in [0.25, 0.3) is 0 Å². The number of nitrogens with one attached hydrogen (secondary N) is 2. The summed E-state index contributed by atoms with van der Waals surface area (Å²) in [6, 6.07) is 1.78. The van der Waals surface area contributed by atoms with Crippen LogP contribution in [0.5, 0.6) is 0 Å². The number of hydrogen-bond donors (Lipinski definition) is 2. The van der Waals surface area contributed by atoms with E-state index in [2.05, 4.69) is 15.6 Å². The van der Waals surface area contributed by atoms with Crippen LogP contribution in [-0.2, 0) is 22.7 Å². The zero-order chi connectivity index (χ0) is 14.3. The zero-order valence-electron chi connectivity index (χ0n) is 11.1. The molecule has 0 saturated carbocycles. The van der Waals surface area contributed by atoms with Crippen molar-refractivity contribution in [2.24, 2.45) is 0 Å². The van der Waals surface area contributed by atoms with Crippen LogP contribution in [0.2, 0.25) is 0 Å². The molecule has 0 aliphatic heterocycles. The number of hydrogen-bond acceptors (Lipinski definition) is 5. The third kappa shape index (κ3) is 4.82. The first-order chi connectivity index (χ1) is 9.06. The van der Waals surface area contributed by atoms with Crippen LogP contribution >= 0.6 is 0 Å². The largest absolute Gasteiger partial charge is 0.445 e. The SMILES string of the molecule is CNC(=O)OCc1cnc(C)cc1COC(=O)NC. The van der Waals surface area contributed by atoms with Gasteiger partial charge >= 0.3 is 12.2 Å². The summed E-state index contributed by atoms with van der Waals surface area (Å²) < 4.78 is 9.92. The number of aromatic nitrogens is 1. The number of carbonyl (C=O) groups excluding carboxylic acids is 2. The Labute approximate surface area is 111 Å². The summed E-state index contributed by atoms with van der Waals surface area (Å²) >= 11 is 0. The number of ether oxygens (including phenoxy) is 2. The first kappa shape index (κ1) is 14.7. The standard InChI is InChI=1S/C12H17N3O4/c1-8-4-9(6-18-11(16)13-2)10(5-15-8)7-19-12(17)14-3/h4-5H,6-7H2,1-3H3,(H,13,16)(H,14,17). The lowest BCUT2D eigenvalue weighted by Crippen LogP contribution is -2.20. The minimum Gasteiger partial charge on any atom is -0.445 e. The minimum atomic E-state index is -0.529. The topological polar surface area (TPSA) is 89.6 Å². The molecule has 0 radical (unpaired) electrons. The number of carbonyl (C=O) groups is 2. The van der Waals surface area contributed by atoms with Crippen LogP contribution in [0.3, 0.4) is 0 Å². The molecular weight excluding hydrogens is 250 g/mol. The Morgan fingerprint density at radius 3 is 2.16 bits per heavy atom. The lowest BCUT2D eigenvalue weighted by molar-refractivity contribution is 0.133. The quantitative estimate of drug-likeness (QED) is 0.852. The van der Waals surface area contributed by atoms with Crippen molar-refractivity contribution >= 4 is 12.2 Å². The Morgan fingerprint density at radius 1 is 1.11 bits per heavy atom. The molecule has 0 unspecified atom stereocenters. The fraction of sp³-hybridized carbons (Fsp3) is 0.417. The molecule has 0 bridgehead atoms. The van der Waals surface area contributed by atoms with Gasteiger partial charge in [-0.1, -0.05) is 0 Å². The summed E-state index contributed by atoms with van der Waals surface area (Å²) in [5, 5.41) is 4.70. The van der Waals surface area contributed by atoms with E-state index in [0.29, 0.717) is 5.56 Å². The first-order valence-corrected chi connectivity index (χ1v) is 5.70. The van der Waals surface area contributed by atoms with Crippen LogP contribution in [0.1, 0.15) is 16.8 Å². The van der Waals surface area contributed by atoms with Gasteiger partial charge in [-0.05, 0) is 18.6 Å². The van der Waals surface area contributed by atoms with Gasteiger partial charge in [0, 0.05) is 31.5 Å². The van der Waals surface area contributed by atoms with E-state index in [1.165, 1.54) is 14.1 Å². The van der Waals surface area contributed by atoms with E-state index in [9.17, 15) is 9.59 Å². The molecule has 2 amide bonds. The monoisotopic (exact) mass is 267 g/mol. The van der Waals surface area contributed by atoms with Crippen molar-refractivity contribution in [2.45, 2.75) is 20.1 Å². The number of aryl methyl sites for hydroxylation is 1. The fourth-order valence-electron chi connectivity index (χ4n) is 1.34. The van der Waals surface area contributed by atoms with Crippen molar-refractivity contribution in [3.05, 3.63) is 29.1 Å². The van der Waals surface area contributed by atoms with Crippen LogP contribution in [0.25, 0.3) is 0 Å². The average Bonchev–Trinajstić information content (AvgIpc) is 2.43. The third-order valence-electron chi connectivity index (χ3n) is 2.35. The van der Waals surface area contributed by atoms with Gasteiger partial charge in [-0.25, -0.2) is 9.59 Å². The van der Waals surface area contributed by atoms with Crippen molar-refractivity contribution in [1.29, 1.82) is 0 Å². The molecule has 19 heavy (non-hydrogen) atoms. The van der Waals surface area contributed by atoms with Gasteiger partial charge in [0.1, 0.15) is 13.2 Å². The van der Waals surface area contributed by atoms with Gasteiger partial charge in [-0.3, -0.25) is 4.98 Å². The molecule has 0 aliphatic carbocycles. The first-order valence-electron chi connectivity index (χ1n) is 5.70. The maximum absolute atomic E-state index is 11.0. The van der Waals surface area contributed by atoms with E-state index < -0.39 is 12.2 Å². The van der Waals surface area contributed by atoms with Crippen molar-refractivity contribution in [3.63, 3.8) is 0 Å². The van der Waals surface area contributed by atoms with Crippen molar-refractivity contribution in [2.75, 3.05) is 14.1 Å². The normalized spacial score (nSPS) is 9.63. The van der Waals surface area contributed by atoms with E-state index in [-0.39, 0.29) is 13.2 Å². The molecule has 7 nitrogen and oxygen atoms in total. The predicted molar refractivity (Wildman–Crippen MR) is 67.5 cm³/mol. The van der Waals surface area contributed by atoms with Gasteiger partial charge in [-0.2, -0.15) is 0 Å². The number of amides is 2. The molecule has 0 atom stereocenters. The summed E-state index contributed by atoms with van der Waals surface area (Å²) in [6.07, 6.45) is 0.548. The molecular formula is C12H17N3O4. The molecule has 1 heterocycles. The van der Waals surface area contributed by atoms with Gasteiger partial charge in [0.05, 0.1) is 0 Å². The molecule has 104 valence electrons. The van der Waals surface area contributed by atoms with Gasteiger partial charge < -0.3 is 20.1 Å². The third-order valence-corrected chi connectivity index (χ3v) is 2.35. The Kier molecular flexibility index (Phi) is 5.59. The van der Waals surface area contributed by atoms with E-state index in [0.717, 1.165) is 11.3 Å². The molecule has 0 saturated heterocycles. The molecule has 7 heteroatoms. The van der Waals surface area contributed by atoms with Crippen LogP contribution in [0.4, 0.5) is 9.59 Å². The van der Waals surface area contributed by atoms with Crippen LogP contribution in [-0.4, -0.2) is 31.3 Å². The van der Waals surface area contributed by atoms with Crippen LogP contribution < -0.4 is 10.6 Å². The summed E-state index contributed by atoms with van der Waals surface area (Å²) in [6.45, 7) is 1.99. The highest BCUT2D eigenvalue weighted by Crippen LogP contribution is 2.12. The number of nitrogens with zero attached hydrogens (tertiary/aromatic N) is 1. The zero-order valence-corrected chi connectivity index (χ0v) is 11.1. The molecule has 0 spiro atoms.